The van der Waals surface area contributed by atoms with Gasteiger partial charge in [0, 0.05) is 17.1 Å². The van der Waals surface area contributed by atoms with Gasteiger partial charge in [0.15, 0.2) is 0 Å². The number of sulfonamides is 1. The predicted molar refractivity (Wildman–Crippen MR) is 143 cm³/mol. The number of amides is 2. The molecule has 0 aromatic heterocycles. The van der Waals surface area contributed by atoms with Crippen LogP contribution in [-0.2, 0) is 26.2 Å². The fourth-order valence-electron chi connectivity index (χ4n) is 4.51. The second-order valence-electron chi connectivity index (χ2n) is 9.43. The van der Waals surface area contributed by atoms with Gasteiger partial charge in [0.05, 0.1) is 11.9 Å². The number of halogens is 1. The van der Waals surface area contributed by atoms with Gasteiger partial charge in [0.1, 0.15) is 12.6 Å². The topological polar surface area (TPSA) is 86.8 Å². The first-order chi connectivity index (χ1) is 16.4. The number of hydrogen-bond donors (Lipinski definition) is 1. The summed E-state index contributed by atoms with van der Waals surface area (Å²) in [5.74, 6) is -0.666. The van der Waals surface area contributed by atoms with E-state index in [1.165, 1.54) is 4.90 Å². The predicted octanol–water partition coefficient (Wildman–Crippen LogP) is 4.31. The zero-order chi connectivity index (χ0) is 25.8. The second kappa shape index (κ2) is 11.6. The Morgan fingerprint density at radius 3 is 2.29 bits per heavy atom. The first-order valence-corrected chi connectivity index (χ1v) is 14.5. The molecule has 1 fully saturated rings. The van der Waals surface area contributed by atoms with Gasteiger partial charge >= 0.3 is 0 Å². The van der Waals surface area contributed by atoms with Crippen molar-refractivity contribution in [2.45, 2.75) is 65.1 Å². The summed E-state index contributed by atoms with van der Waals surface area (Å²) in [6, 6.07) is 12.3. The highest BCUT2D eigenvalue weighted by atomic mass is 79.9. The van der Waals surface area contributed by atoms with Gasteiger partial charge < -0.3 is 10.2 Å². The van der Waals surface area contributed by atoms with E-state index in [1.54, 1.807) is 19.1 Å². The molecule has 3 rings (SSSR count). The molecule has 0 aliphatic heterocycles. The Bertz CT molecular complexity index is 1160. The van der Waals surface area contributed by atoms with Crippen molar-refractivity contribution >= 4 is 43.5 Å². The number of hydrogen-bond acceptors (Lipinski definition) is 4. The summed E-state index contributed by atoms with van der Waals surface area (Å²) >= 11 is 3.45. The van der Waals surface area contributed by atoms with Crippen LogP contribution < -0.4 is 9.62 Å². The van der Waals surface area contributed by atoms with E-state index in [1.807, 2.05) is 44.2 Å². The molecule has 9 heteroatoms. The highest BCUT2D eigenvalue weighted by Gasteiger charge is 2.31. The summed E-state index contributed by atoms with van der Waals surface area (Å²) < 4.78 is 27.4. The van der Waals surface area contributed by atoms with Gasteiger partial charge in [-0.3, -0.25) is 13.9 Å². The van der Waals surface area contributed by atoms with Gasteiger partial charge in [-0.05, 0) is 74.6 Å². The van der Waals surface area contributed by atoms with E-state index in [9.17, 15) is 18.0 Å². The van der Waals surface area contributed by atoms with Crippen molar-refractivity contribution in [2.24, 2.45) is 0 Å². The van der Waals surface area contributed by atoms with Crippen LogP contribution in [0, 0.1) is 13.8 Å². The van der Waals surface area contributed by atoms with Gasteiger partial charge in [0.2, 0.25) is 21.8 Å². The van der Waals surface area contributed by atoms with Crippen LogP contribution >= 0.6 is 15.9 Å². The maximum atomic E-state index is 13.6. The average molecular weight is 565 g/mol. The Morgan fingerprint density at radius 2 is 1.71 bits per heavy atom. The molecular formula is C26H34BrN3O4S. The Kier molecular flexibility index (Phi) is 8.99. The molecule has 0 heterocycles. The highest BCUT2D eigenvalue weighted by Crippen LogP contribution is 2.23. The molecule has 0 bridgehead atoms. The van der Waals surface area contributed by atoms with Gasteiger partial charge in [-0.1, -0.05) is 47.0 Å². The minimum Gasteiger partial charge on any atom is -0.352 e. The number of carbonyl (C=O) groups excluding carboxylic acids is 2. The smallest absolute Gasteiger partial charge is 0.244 e. The van der Waals surface area contributed by atoms with Crippen molar-refractivity contribution < 1.29 is 18.0 Å². The number of nitrogens with zero attached hydrogens (tertiary/aromatic N) is 2. The third-order valence-electron chi connectivity index (χ3n) is 6.28. The lowest BCUT2D eigenvalue weighted by molar-refractivity contribution is -0.139. The lowest BCUT2D eigenvalue weighted by Gasteiger charge is -2.32. The zero-order valence-corrected chi connectivity index (χ0v) is 23.2. The van der Waals surface area contributed by atoms with E-state index < -0.39 is 28.5 Å². The number of aryl methyl sites for hydroxylation is 2. The molecule has 1 aliphatic carbocycles. The third kappa shape index (κ3) is 7.54. The molecule has 0 unspecified atom stereocenters. The molecule has 0 spiro atoms. The lowest BCUT2D eigenvalue weighted by atomic mass is 10.1. The number of carbonyl (C=O) groups is 2. The molecule has 0 saturated heterocycles. The SMILES string of the molecule is Cc1cc(C)cc(N(CC(=O)N(Cc2cccc(Br)c2)[C@@H](C)C(=O)NC2CCCC2)S(C)(=O)=O)c1. The minimum atomic E-state index is -3.75. The largest absolute Gasteiger partial charge is 0.352 e. The third-order valence-corrected chi connectivity index (χ3v) is 7.92. The summed E-state index contributed by atoms with van der Waals surface area (Å²) in [4.78, 5) is 28.2. The van der Waals surface area contributed by atoms with E-state index in [4.69, 9.17) is 0 Å². The van der Waals surface area contributed by atoms with Crippen LogP contribution in [0.15, 0.2) is 46.9 Å². The Hall–Kier alpha value is -2.39. The monoisotopic (exact) mass is 563 g/mol. The molecule has 1 aliphatic rings. The summed E-state index contributed by atoms with van der Waals surface area (Å²) in [7, 11) is -3.75. The van der Waals surface area contributed by atoms with Crippen LogP contribution in [0.2, 0.25) is 0 Å². The summed E-state index contributed by atoms with van der Waals surface area (Å²) in [6.45, 7) is 5.25. The van der Waals surface area contributed by atoms with E-state index in [0.717, 1.165) is 57.4 Å². The van der Waals surface area contributed by atoms with Crippen molar-refractivity contribution in [3.05, 3.63) is 63.6 Å². The Balaban J connectivity index is 1.90. The second-order valence-corrected chi connectivity index (χ2v) is 12.3. The van der Waals surface area contributed by atoms with Crippen molar-refractivity contribution in [3.8, 4) is 0 Å². The molecule has 190 valence electrons. The standard InChI is InChI=1S/C26H34BrN3O4S/c1-18-12-19(2)14-24(13-18)30(35(4,33)34)17-25(31)29(16-21-8-7-9-22(27)15-21)20(3)26(32)28-23-10-5-6-11-23/h7-9,12-15,20,23H,5-6,10-11,16-17H2,1-4H3,(H,28,32)/t20-/m0/s1. The van der Waals surface area contributed by atoms with Crippen LogP contribution in [0.5, 0.6) is 0 Å². The molecular weight excluding hydrogens is 530 g/mol. The Labute approximate surface area is 217 Å². The quantitative estimate of drug-likeness (QED) is 0.492. The molecule has 0 radical (unpaired) electrons. The maximum absolute atomic E-state index is 13.6. The minimum absolute atomic E-state index is 0.121. The normalized spacial score (nSPS) is 15.0. The van der Waals surface area contributed by atoms with Gasteiger partial charge in [-0.2, -0.15) is 0 Å². The molecule has 35 heavy (non-hydrogen) atoms. The fraction of sp³-hybridized carbons (Fsp3) is 0.462. The van der Waals surface area contributed by atoms with Gasteiger partial charge in [-0.15, -0.1) is 0 Å². The summed E-state index contributed by atoms with van der Waals surface area (Å²) in [5, 5.41) is 3.07. The number of benzene rings is 2. The zero-order valence-electron chi connectivity index (χ0n) is 20.8. The maximum Gasteiger partial charge on any atom is 0.244 e. The van der Waals surface area contributed by atoms with Crippen LogP contribution in [0.1, 0.15) is 49.3 Å². The Morgan fingerprint density at radius 1 is 1.09 bits per heavy atom. The number of nitrogens with one attached hydrogen (secondary N) is 1. The van der Waals surface area contributed by atoms with Crippen molar-refractivity contribution in [3.63, 3.8) is 0 Å². The summed E-state index contributed by atoms with van der Waals surface area (Å²) in [5.41, 5.74) is 3.07. The van der Waals surface area contributed by atoms with Crippen LogP contribution in [0.3, 0.4) is 0 Å². The molecule has 2 aromatic carbocycles. The molecule has 1 atom stereocenters. The molecule has 1 saturated carbocycles. The van der Waals surface area contributed by atoms with Crippen molar-refractivity contribution in [1.29, 1.82) is 0 Å². The lowest BCUT2D eigenvalue weighted by Crippen LogP contribution is -2.52. The molecule has 1 N–H and O–H groups in total. The van der Waals surface area contributed by atoms with E-state index >= 15 is 0 Å². The first kappa shape index (κ1) is 27.2. The fourth-order valence-corrected chi connectivity index (χ4v) is 5.79. The highest BCUT2D eigenvalue weighted by molar-refractivity contribution is 9.10. The van der Waals surface area contributed by atoms with E-state index in [0.29, 0.717) is 5.69 Å². The van der Waals surface area contributed by atoms with E-state index in [-0.39, 0.29) is 18.5 Å². The van der Waals surface area contributed by atoms with Gasteiger partial charge in [-0.25, -0.2) is 8.42 Å². The summed E-state index contributed by atoms with van der Waals surface area (Å²) in [6.07, 6.45) is 5.13. The molecule has 2 amide bonds. The number of rotatable bonds is 9. The van der Waals surface area contributed by atoms with Crippen LogP contribution in [-0.4, -0.2) is 50.0 Å². The van der Waals surface area contributed by atoms with Gasteiger partial charge in [0.25, 0.3) is 0 Å². The van der Waals surface area contributed by atoms with E-state index in [2.05, 4.69) is 21.2 Å². The average Bonchev–Trinajstić information content (AvgIpc) is 3.26. The van der Waals surface area contributed by atoms with Crippen molar-refractivity contribution in [2.75, 3.05) is 17.1 Å². The number of anilines is 1. The molecule has 7 nitrogen and oxygen atoms in total. The first-order valence-electron chi connectivity index (χ1n) is 11.8. The molecule has 2 aromatic rings. The van der Waals surface area contributed by atoms with Crippen LogP contribution in [0.4, 0.5) is 5.69 Å². The van der Waals surface area contributed by atoms with Crippen molar-refractivity contribution in [1.82, 2.24) is 10.2 Å². The van der Waals surface area contributed by atoms with Crippen LogP contribution in [0.25, 0.3) is 0 Å².